The third-order valence-corrected chi connectivity index (χ3v) is 9.02. The van der Waals surface area contributed by atoms with Gasteiger partial charge in [0, 0.05) is 24.6 Å². The molecule has 0 heterocycles. The van der Waals surface area contributed by atoms with Crippen LogP contribution >= 0.6 is 22.6 Å². The average Bonchev–Trinajstić information content (AvgIpc) is 3.19. The highest BCUT2D eigenvalue weighted by Gasteiger charge is 2.26. The van der Waals surface area contributed by atoms with Crippen LogP contribution in [0.3, 0.4) is 0 Å². The van der Waals surface area contributed by atoms with Crippen LogP contribution in [-0.4, -0.2) is 11.8 Å². The van der Waals surface area contributed by atoms with Crippen molar-refractivity contribution >= 4 is 40.4 Å². The zero-order valence-electron chi connectivity index (χ0n) is 29.1. The number of hydrogen-bond acceptors (Lipinski definition) is 7. The number of rotatable bonds is 16. The van der Waals surface area contributed by atoms with Gasteiger partial charge in [0.15, 0.2) is 11.5 Å². The van der Waals surface area contributed by atoms with E-state index >= 15 is 0 Å². The molecule has 0 saturated heterocycles. The molecule has 0 atom stereocenters. The van der Waals surface area contributed by atoms with E-state index < -0.39 is 11.8 Å². The molecule has 6 aromatic rings. The second-order valence-electron chi connectivity index (χ2n) is 12.0. The number of allylic oxidation sites excluding steroid dienone is 1. The number of halogens is 1. The van der Waals surface area contributed by atoms with Crippen LogP contribution in [0, 0.1) is 3.57 Å². The Bertz CT molecular complexity index is 2150. The molecule has 53 heavy (non-hydrogen) atoms. The topological polar surface area (TPSA) is 80.3 Å². The lowest BCUT2D eigenvalue weighted by atomic mass is 10.1. The number of carbonyl (C=O) groups is 2. The first-order valence-electron chi connectivity index (χ1n) is 17.0. The molecule has 0 aliphatic carbocycles. The zero-order valence-corrected chi connectivity index (χ0v) is 31.2. The summed E-state index contributed by atoms with van der Waals surface area (Å²) in [6.45, 7) is 2.43. The molecule has 8 heteroatoms. The van der Waals surface area contributed by atoms with Gasteiger partial charge in [-0.05, 0) is 69.1 Å². The van der Waals surface area contributed by atoms with Crippen LogP contribution in [0.2, 0.25) is 0 Å². The summed E-state index contributed by atoms with van der Waals surface area (Å²) < 4.78 is 31.1. The van der Waals surface area contributed by atoms with Crippen molar-refractivity contribution in [1.29, 1.82) is 0 Å². The lowest BCUT2D eigenvalue weighted by Gasteiger charge is -2.19. The summed E-state index contributed by atoms with van der Waals surface area (Å²) in [5, 5.41) is 0. The Morgan fingerprint density at radius 3 is 1.49 bits per heavy atom. The van der Waals surface area contributed by atoms with Crippen molar-refractivity contribution in [3.8, 4) is 28.7 Å². The smallest absolute Gasteiger partial charge is 0.308 e. The van der Waals surface area contributed by atoms with E-state index in [1.165, 1.54) is 13.0 Å². The van der Waals surface area contributed by atoms with Crippen LogP contribution in [0.5, 0.6) is 28.7 Å². The Morgan fingerprint density at radius 2 is 1.00 bits per heavy atom. The molecule has 0 aliphatic rings. The predicted molar refractivity (Wildman–Crippen MR) is 213 cm³/mol. The number of benzene rings is 6. The number of hydrogen-bond donors (Lipinski definition) is 0. The van der Waals surface area contributed by atoms with Crippen molar-refractivity contribution in [3.63, 3.8) is 0 Å². The largest absolute Gasteiger partial charge is 0.489 e. The van der Waals surface area contributed by atoms with E-state index in [4.69, 9.17) is 23.7 Å². The van der Waals surface area contributed by atoms with Gasteiger partial charge in [-0.15, -0.1) is 0 Å². The normalized spacial score (nSPS) is 10.8. The maximum atomic E-state index is 14.2. The van der Waals surface area contributed by atoms with Crippen LogP contribution in [0.15, 0.2) is 152 Å². The van der Waals surface area contributed by atoms with E-state index in [1.807, 2.05) is 162 Å². The molecule has 0 amide bonds. The molecule has 0 aliphatic heterocycles. The molecule has 0 saturated carbocycles. The van der Waals surface area contributed by atoms with Gasteiger partial charge < -0.3 is 23.7 Å². The van der Waals surface area contributed by atoms with Crippen molar-refractivity contribution in [3.05, 3.63) is 189 Å². The van der Waals surface area contributed by atoms with Gasteiger partial charge in [0.2, 0.25) is 0 Å². The summed E-state index contributed by atoms with van der Waals surface area (Å²) in [6, 6.07) is 46.2. The molecule has 6 aromatic carbocycles. The molecular formula is C45H37IO7. The molecule has 0 spiro atoms. The van der Waals surface area contributed by atoms with Gasteiger partial charge >= 0.3 is 5.97 Å². The first kappa shape index (κ1) is 36.9. The summed E-state index contributed by atoms with van der Waals surface area (Å²) in [4.78, 5) is 26.7. The van der Waals surface area contributed by atoms with E-state index in [0.717, 1.165) is 22.3 Å². The fourth-order valence-corrected chi connectivity index (χ4v) is 6.03. The minimum Gasteiger partial charge on any atom is -0.489 e. The lowest BCUT2D eigenvalue weighted by Crippen LogP contribution is -2.12. The van der Waals surface area contributed by atoms with Gasteiger partial charge in [0.25, 0.3) is 0 Å². The van der Waals surface area contributed by atoms with Crippen molar-refractivity contribution < 1.29 is 33.3 Å². The highest BCUT2D eigenvalue weighted by atomic mass is 127. The van der Waals surface area contributed by atoms with Crippen LogP contribution in [0.1, 0.15) is 45.1 Å². The molecule has 0 bridgehead atoms. The summed E-state index contributed by atoms with van der Waals surface area (Å²) in [5.74, 6) is 0.823. The average molecular weight is 817 g/mol. The Morgan fingerprint density at radius 1 is 0.547 bits per heavy atom. The van der Waals surface area contributed by atoms with Crippen molar-refractivity contribution in [1.82, 2.24) is 0 Å². The number of carbonyl (C=O) groups excluding carboxylic acids is 2. The molecule has 0 fully saturated rings. The first-order valence-corrected chi connectivity index (χ1v) is 18.1. The van der Waals surface area contributed by atoms with E-state index in [9.17, 15) is 9.59 Å². The maximum absolute atomic E-state index is 14.2. The van der Waals surface area contributed by atoms with E-state index in [2.05, 4.69) is 0 Å². The van der Waals surface area contributed by atoms with Gasteiger partial charge in [-0.2, -0.15) is 0 Å². The van der Waals surface area contributed by atoms with Crippen LogP contribution in [0.4, 0.5) is 0 Å². The molecule has 0 radical (unpaired) electrons. The van der Waals surface area contributed by atoms with Gasteiger partial charge in [0.1, 0.15) is 55.0 Å². The SMILES string of the molecule is CC(=O)Oc1c(I)c(OCc2ccccc2)cc(OCc2ccccc2)c1C(=O)/C=C/c1ccc(OCc2ccccc2)cc1OCc1ccccc1. The Kier molecular flexibility index (Phi) is 12.9. The number of esters is 1. The highest BCUT2D eigenvalue weighted by molar-refractivity contribution is 14.1. The molecule has 266 valence electrons. The van der Waals surface area contributed by atoms with E-state index in [0.29, 0.717) is 39.6 Å². The van der Waals surface area contributed by atoms with Gasteiger partial charge in [-0.25, -0.2) is 0 Å². The minimum atomic E-state index is -0.585. The second kappa shape index (κ2) is 18.6. The van der Waals surface area contributed by atoms with Crippen LogP contribution < -0.4 is 23.7 Å². The van der Waals surface area contributed by atoms with Gasteiger partial charge in [-0.1, -0.05) is 121 Å². The quantitative estimate of drug-likeness (QED) is 0.0316. The molecule has 0 N–H and O–H groups in total. The fourth-order valence-electron chi connectivity index (χ4n) is 5.34. The number of ketones is 1. The summed E-state index contributed by atoms with van der Waals surface area (Å²) in [7, 11) is 0. The standard InChI is InChI=1S/C45H37IO7/c1-32(47)53-45-43(41(51-30-35-18-10-4-11-19-35)27-42(44(45)46)52-31-36-20-12-5-13-21-36)39(48)25-23-37-22-24-38(49-28-33-14-6-2-7-15-33)26-40(37)50-29-34-16-8-3-9-17-34/h2-27H,28-31H2,1H3/b25-23+. The summed E-state index contributed by atoms with van der Waals surface area (Å²) in [5.41, 5.74) is 4.63. The summed E-state index contributed by atoms with van der Waals surface area (Å²) >= 11 is 2.04. The van der Waals surface area contributed by atoms with Gasteiger partial charge in [-0.3, -0.25) is 9.59 Å². The third-order valence-electron chi connectivity index (χ3n) is 8.00. The Labute approximate surface area is 322 Å². The zero-order chi connectivity index (χ0) is 36.8. The molecule has 6 rings (SSSR count). The third kappa shape index (κ3) is 10.6. The van der Waals surface area contributed by atoms with Crippen molar-refractivity contribution in [2.24, 2.45) is 0 Å². The van der Waals surface area contributed by atoms with Crippen LogP contribution in [0.25, 0.3) is 6.08 Å². The lowest BCUT2D eigenvalue weighted by molar-refractivity contribution is -0.131. The molecule has 7 nitrogen and oxygen atoms in total. The van der Waals surface area contributed by atoms with Crippen molar-refractivity contribution in [2.75, 3.05) is 0 Å². The van der Waals surface area contributed by atoms with Crippen LogP contribution in [-0.2, 0) is 31.2 Å². The van der Waals surface area contributed by atoms with Crippen molar-refractivity contribution in [2.45, 2.75) is 33.4 Å². The van der Waals surface area contributed by atoms with E-state index in [1.54, 1.807) is 12.1 Å². The maximum Gasteiger partial charge on any atom is 0.308 e. The Hall–Kier alpha value is -5.87. The number of ether oxygens (including phenoxy) is 5. The predicted octanol–water partition coefficient (Wildman–Crippen LogP) is 10.4. The molecular weight excluding hydrogens is 779 g/mol. The monoisotopic (exact) mass is 816 g/mol. The molecule has 0 aromatic heterocycles. The first-order chi connectivity index (χ1) is 25.9. The fraction of sp³-hybridized carbons (Fsp3) is 0.111. The highest BCUT2D eigenvalue weighted by Crippen LogP contribution is 2.42. The van der Waals surface area contributed by atoms with Gasteiger partial charge in [0.05, 0.1) is 3.57 Å². The second-order valence-corrected chi connectivity index (χ2v) is 13.1. The summed E-state index contributed by atoms with van der Waals surface area (Å²) in [6.07, 6.45) is 3.10. The van der Waals surface area contributed by atoms with E-state index in [-0.39, 0.29) is 30.3 Å². The Balaban J connectivity index is 1.33. The minimum absolute atomic E-state index is 0.0617. The molecule has 0 unspecified atom stereocenters.